The predicted octanol–water partition coefficient (Wildman–Crippen LogP) is 3.52. The van der Waals surface area contributed by atoms with Crippen molar-refractivity contribution in [2.75, 3.05) is 26.8 Å². The van der Waals surface area contributed by atoms with Crippen LogP contribution in [0.2, 0.25) is 0 Å². The summed E-state index contributed by atoms with van der Waals surface area (Å²) in [5, 5.41) is 4.09. The molecule has 1 aromatic rings. The molecule has 0 bridgehead atoms. The lowest BCUT2D eigenvalue weighted by atomic mass is 9.78. The van der Waals surface area contributed by atoms with E-state index in [0.717, 1.165) is 64.0 Å². The van der Waals surface area contributed by atoms with Gasteiger partial charge >= 0.3 is 0 Å². The molecule has 2 aliphatic heterocycles. The summed E-state index contributed by atoms with van der Waals surface area (Å²) in [4.78, 5) is 19.3. The van der Waals surface area contributed by atoms with Gasteiger partial charge in [0.25, 0.3) is 5.89 Å². The minimum Gasteiger partial charge on any atom is -0.375 e. The quantitative estimate of drug-likeness (QED) is 0.721. The van der Waals surface area contributed by atoms with Gasteiger partial charge in [-0.2, -0.15) is 4.98 Å². The minimum absolute atomic E-state index is 0.0797. The number of aromatic nitrogens is 2. The van der Waals surface area contributed by atoms with Crippen molar-refractivity contribution in [3.8, 4) is 0 Å². The van der Waals surface area contributed by atoms with Crippen molar-refractivity contribution >= 4 is 5.91 Å². The van der Waals surface area contributed by atoms with Gasteiger partial charge < -0.3 is 18.9 Å². The summed E-state index contributed by atoms with van der Waals surface area (Å²) in [6.07, 6.45) is 11.9. The lowest BCUT2D eigenvalue weighted by molar-refractivity contribution is -0.148. The molecule has 1 saturated carbocycles. The van der Waals surface area contributed by atoms with Crippen LogP contribution in [0, 0.1) is 11.8 Å². The highest BCUT2D eigenvalue weighted by molar-refractivity contribution is 5.76. The fourth-order valence-electron chi connectivity index (χ4n) is 5.40. The van der Waals surface area contributed by atoms with Crippen molar-refractivity contribution < 1.29 is 18.8 Å². The summed E-state index contributed by atoms with van der Waals surface area (Å²) in [5.74, 6) is 2.77. The zero-order valence-corrected chi connectivity index (χ0v) is 17.7. The number of rotatable bonds is 6. The van der Waals surface area contributed by atoms with E-state index in [1.807, 2.05) is 0 Å². The van der Waals surface area contributed by atoms with Crippen LogP contribution in [0.5, 0.6) is 0 Å². The van der Waals surface area contributed by atoms with Crippen LogP contribution < -0.4 is 0 Å². The maximum Gasteiger partial charge on any atom is 0.252 e. The molecule has 4 rings (SSSR count). The summed E-state index contributed by atoms with van der Waals surface area (Å²) >= 11 is 0. The van der Waals surface area contributed by atoms with Crippen molar-refractivity contribution in [1.29, 1.82) is 0 Å². The third kappa shape index (κ3) is 5.37. The molecule has 1 spiro atoms. The minimum atomic E-state index is -0.0797. The van der Waals surface area contributed by atoms with Gasteiger partial charge in [-0.15, -0.1) is 0 Å². The summed E-state index contributed by atoms with van der Waals surface area (Å²) in [6.45, 7) is 2.80. The number of nitrogens with zero attached hydrogens (tertiary/aromatic N) is 3. The van der Waals surface area contributed by atoms with E-state index >= 15 is 0 Å². The van der Waals surface area contributed by atoms with Gasteiger partial charge in [-0.05, 0) is 50.4 Å². The Morgan fingerprint density at radius 3 is 2.72 bits per heavy atom. The molecular formula is C22H35N3O4. The number of likely N-dealkylation sites (tertiary alicyclic amines) is 1. The SMILES string of the molecule is COCc1nc(CC2CCOC3(CCN(C(=O)CC4CCCCC4)CC3)C2)no1. The number of hydrogen-bond acceptors (Lipinski definition) is 6. The monoisotopic (exact) mass is 405 g/mol. The van der Waals surface area contributed by atoms with E-state index < -0.39 is 0 Å². The van der Waals surface area contributed by atoms with Crippen LogP contribution >= 0.6 is 0 Å². The van der Waals surface area contributed by atoms with Crippen LogP contribution in [-0.2, 0) is 27.3 Å². The second-order valence-electron chi connectivity index (χ2n) is 9.22. The average Bonchev–Trinajstić information content (AvgIpc) is 3.16. The zero-order chi connectivity index (χ0) is 20.1. The van der Waals surface area contributed by atoms with E-state index in [9.17, 15) is 4.79 Å². The number of carbonyl (C=O) groups is 1. The van der Waals surface area contributed by atoms with Crippen LogP contribution in [-0.4, -0.2) is 53.4 Å². The largest absolute Gasteiger partial charge is 0.375 e. The normalized spacial score (nSPS) is 25.4. The number of amides is 1. The maximum absolute atomic E-state index is 12.7. The Morgan fingerprint density at radius 2 is 1.97 bits per heavy atom. The van der Waals surface area contributed by atoms with Crippen molar-refractivity contribution in [2.24, 2.45) is 11.8 Å². The lowest BCUT2D eigenvalue weighted by Gasteiger charge is -2.46. The Kier molecular flexibility index (Phi) is 6.85. The molecule has 0 aromatic carbocycles. The second kappa shape index (κ2) is 9.56. The van der Waals surface area contributed by atoms with Crippen molar-refractivity contribution in [1.82, 2.24) is 15.0 Å². The molecule has 0 radical (unpaired) electrons. The molecule has 3 fully saturated rings. The first-order valence-electron chi connectivity index (χ1n) is 11.4. The molecule has 1 aliphatic carbocycles. The molecule has 1 aromatic heterocycles. The van der Waals surface area contributed by atoms with Gasteiger partial charge in [-0.1, -0.05) is 24.4 Å². The molecule has 7 nitrogen and oxygen atoms in total. The molecule has 1 unspecified atom stereocenters. The van der Waals surface area contributed by atoms with E-state index in [1.54, 1.807) is 7.11 Å². The van der Waals surface area contributed by atoms with Crippen molar-refractivity contribution in [3.63, 3.8) is 0 Å². The van der Waals surface area contributed by atoms with Gasteiger partial charge in [0.2, 0.25) is 5.91 Å². The fraction of sp³-hybridized carbons (Fsp3) is 0.864. The highest BCUT2D eigenvalue weighted by atomic mass is 16.5. The van der Waals surface area contributed by atoms with Crippen LogP contribution in [0.25, 0.3) is 0 Å². The van der Waals surface area contributed by atoms with Gasteiger partial charge in [0.1, 0.15) is 6.61 Å². The van der Waals surface area contributed by atoms with Crippen LogP contribution in [0.3, 0.4) is 0 Å². The summed E-state index contributed by atoms with van der Waals surface area (Å²) in [6, 6.07) is 0. The summed E-state index contributed by atoms with van der Waals surface area (Å²) < 4.78 is 16.5. The zero-order valence-electron chi connectivity index (χ0n) is 17.7. The summed E-state index contributed by atoms with van der Waals surface area (Å²) in [7, 11) is 1.62. The number of ether oxygens (including phenoxy) is 2. The molecule has 3 heterocycles. The number of piperidine rings is 1. The average molecular weight is 406 g/mol. The highest BCUT2D eigenvalue weighted by Gasteiger charge is 2.41. The molecule has 1 amide bonds. The van der Waals surface area contributed by atoms with Gasteiger partial charge in [0.15, 0.2) is 5.82 Å². The van der Waals surface area contributed by atoms with Crippen molar-refractivity contribution in [3.05, 3.63) is 11.7 Å². The third-order valence-corrected chi connectivity index (χ3v) is 7.06. The lowest BCUT2D eigenvalue weighted by Crippen LogP contribution is -2.51. The van der Waals surface area contributed by atoms with E-state index in [1.165, 1.54) is 32.1 Å². The van der Waals surface area contributed by atoms with Gasteiger partial charge in [-0.3, -0.25) is 4.79 Å². The van der Waals surface area contributed by atoms with E-state index in [4.69, 9.17) is 14.0 Å². The van der Waals surface area contributed by atoms with E-state index in [0.29, 0.717) is 30.2 Å². The highest BCUT2D eigenvalue weighted by Crippen LogP contribution is 2.39. The number of methoxy groups -OCH3 is 1. The maximum atomic E-state index is 12.7. The molecule has 7 heteroatoms. The Morgan fingerprint density at radius 1 is 1.17 bits per heavy atom. The Hall–Kier alpha value is -1.47. The van der Waals surface area contributed by atoms with E-state index in [-0.39, 0.29) is 5.60 Å². The van der Waals surface area contributed by atoms with Gasteiger partial charge in [-0.25, -0.2) is 0 Å². The Labute approximate surface area is 173 Å². The predicted molar refractivity (Wildman–Crippen MR) is 107 cm³/mol. The second-order valence-corrected chi connectivity index (χ2v) is 9.22. The van der Waals surface area contributed by atoms with Gasteiger partial charge in [0, 0.05) is 39.6 Å². The molecule has 1 atom stereocenters. The van der Waals surface area contributed by atoms with Crippen LogP contribution in [0.4, 0.5) is 0 Å². The van der Waals surface area contributed by atoms with E-state index in [2.05, 4.69) is 15.0 Å². The van der Waals surface area contributed by atoms with Gasteiger partial charge in [0.05, 0.1) is 5.60 Å². The molecule has 0 N–H and O–H groups in total. The smallest absolute Gasteiger partial charge is 0.252 e. The van der Waals surface area contributed by atoms with Crippen LogP contribution in [0.1, 0.15) is 75.9 Å². The first-order valence-corrected chi connectivity index (χ1v) is 11.4. The Bertz CT molecular complexity index is 663. The molecule has 29 heavy (non-hydrogen) atoms. The standard InChI is InChI=1S/C22H35N3O4/c1-27-16-20-23-19(24-29-20)13-18-7-12-28-22(15-18)8-10-25(11-9-22)21(26)14-17-5-3-2-4-6-17/h17-18H,2-16H2,1H3. The van der Waals surface area contributed by atoms with Crippen LogP contribution in [0.15, 0.2) is 4.52 Å². The summed E-state index contributed by atoms with van der Waals surface area (Å²) in [5.41, 5.74) is -0.0797. The third-order valence-electron chi connectivity index (χ3n) is 7.06. The molecule has 2 saturated heterocycles. The first-order chi connectivity index (χ1) is 14.2. The molecule has 3 aliphatic rings. The Balaban J connectivity index is 1.26. The van der Waals surface area contributed by atoms with Crippen molar-refractivity contribution in [2.45, 2.75) is 82.8 Å². The molecule has 162 valence electrons. The fourth-order valence-corrected chi connectivity index (χ4v) is 5.40. The first kappa shape index (κ1) is 20.8. The number of carbonyl (C=O) groups excluding carboxylic acids is 1. The number of hydrogen-bond donors (Lipinski definition) is 0. The topological polar surface area (TPSA) is 77.7 Å². The molecular weight excluding hydrogens is 370 g/mol.